The van der Waals surface area contributed by atoms with Crippen LogP contribution in [-0.4, -0.2) is 35.7 Å². The fraction of sp³-hybridized carbons (Fsp3) is 0.200. The average Bonchev–Trinajstić information content (AvgIpc) is 3.21. The number of rotatable bonds is 8. The number of hydrogen-bond acceptors (Lipinski definition) is 7. The van der Waals surface area contributed by atoms with Gasteiger partial charge in [0.15, 0.2) is 6.61 Å². The third-order valence-electron chi connectivity index (χ3n) is 3.79. The van der Waals surface area contributed by atoms with Crippen LogP contribution in [-0.2, 0) is 20.7 Å². The molecule has 0 atom stereocenters. The SMILES string of the molecule is COc1ccccc1NC(=O)COC(=O)CCc1nc(-c2ccccc2)no1. The summed E-state index contributed by atoms with van der Waals surface area (Å²) in [6.07, 6.45) is 0.255. The van der Waals surface area contributed by atoms with Crippen LogP contribution in [0.5, 0.6) is 5.75 Å². The molecule has 8 heteroatoms. The Bertz CT molecular complexity index is 940. The van der Waals surface area contributed by atoms with E-state index in [0.717, 1.165) is 5.56 Å². The van der Waals surface area contributed by atoms with E-state index in [2.05, 4.69) is 15.5 Å². The Hall–Kier alpha value is -3.68. The molecule has 0 spiro atoms. The van der Waals surface area contributed by atoms with E-state index in [1.807, 2.05) is 30.3 Å². The molecule has 1 N–H and O–H groups in total. The number of esters is 1. The molecule has 28 heavy (non-hydrogen) atoms. The Morgan fingerprint density at radius 3 is 2.61 bits per heavy atom. The first kappa shape index (κ1) is 19.1. The molecule has 0 radical (unpaired) electrons. The third kappa shape index (κ3) is 5.16. The molecule has 144 valence electrons. The molecule has 0 unspecified atom stereocenters. The van der Waals surface area contributed by atoms with Gasteiger partial charge in [-0.1, -0.05) is 47.6 Å². The second-order valence-electron chi connectivity index (χ2n) is 5.79. The first-order valence-corrected chi connectivity index (χ1v) is 8.62. The van der Waals surface area contributed by atoms with Crippen LogP contribution in [0, 0.1) is 0 Å². The molecule has 0 aliphatic heterocycles. The zero-order valence-corrected chi connectivity index (χ0v) is 15.3. The number of hydrogen-bond donors (Lipinski definition) is 1. The van der Waals surface area contributed by atoms with Crippen molar-refractivity contribution in [1.82, 2.24) is 10.1 Å². The predicted octanol–water partition coefficient (Wildman–Crippen LogP) is 2.86. The number of para-hydroxylation sites is 2. The smallest absolute Gasteiger partial charge is 0.306 e. The Kier molecular flexibility index (Phi) is 6.35. The number of ether oxygens (including phenoxy) is 2. The first-order chi connectivity index (χ1) is 13.7. The lowest BCUT2D eigenvalue weighted by Gasteiger charge is -2.09. The lowest BCUT2D eigenvalue weighted by atomic mass is 10.2. The zero-order chi connectivity index (χ0) is 19.8. The van der Waals surface area contributed by atoms with Gasteiger partial charge in [0, 0.05) is 12.0 Å². The Balaban J connectivity index is 1.43. The van der Waals surface area contributed by atoms with E-state index in [9.17, 15) is 9.59 Å². The van der Waals surface area contributed by atoms with Crippen LogP contribution >= 0.6 is 0 Å². The second-order valence-corrected chi connectivity index (χ2v) is 5.79. The van der Waals surface area contributed by atoms with Gasteiger partial charge in [-0.05, 0) is 12.1 Å². The molecule has 8 nitrogen and oxygen atoms in total. The highest BCUT2D eigenvalue weighted by Gasteiger charge is 2.13. The summed E-state index contributed by atoms with van der Waals surface area (Å²) < 4.78 is 15.3. The molecule has 1 heterocycles. The largest absolute Gasteiger partial charge is 0.495 e. The Morgan fingerprint density at radius 2 is 1.82 bits per heavy atom. The maximum absolute atomic E-state index is 11.9. The van der Waals surface area contributed by atoms with Crippen molar-refractivity contribution in [2.75, 3.05) is 19.0 Å². The van der Waals surface area contributed by atoms with Gasteiger partial charge in [0.2, 0.25) is 11.7 Å². The van der Waals surface area contributed by atoms with Gasteiger partial charge in [0.25, 0.3) is 5.91 Å². The van der Waals surface area contributed by atoms with Crippen LogP contribution < -0.4 is 10.1 Å². The number of nitrogens with zero attached hydrogens (tertiary/aromatic N) is 2. The fourth-order valence-electron chi connectivity index (χ4n) is 2.42. The number of amides is 1. The van der Waals surface area contributed by atoms with E-state index in [4.69, 9.17) is 14.0 Å². The number of aryl methyl sites for hydroxylation is 1. The van der Waals surface area contributed by atoms with Crippen LogP contribution in [0.1, 0.15) is 12.3 Å². The number of carbonyl (C=O) groups excluding carboxylic acids is 2. The molecule has 0 fully saturated rings. The Morgan fingerprint density at radius 1 is 1.07 bits per heavy atom. The third-order valence-corrected chi connectivity index (χ3v) is 3.79. The standard InChI is InChI=1S/C20H19N3O5/c1-26-16-10-6-5-9-15(16)21-17(24)13-27-19(25)12-11-18-22-20(23-28-18)14-7-3-2-4-8-14/h2-10H,11-13H2,1H3,(H,21,24). The van der Waals surface area contributed by atoms with Gasteiger partial charge in [0.05, 0.1) is 19.2 Å². The lowest BCUT2D eigenvalue weighted by Crippen LogP contribution is -2.21. The molecule has 0 saturated heterocycles. The van der Waals surface area contributed by atoms with Crippen molar-refractivity contribution in [3.05, 3.63) is 60.5 Å². The summed E-state index contributed by atoms with van der Waals surface area (Å²) in [6.45, 7) is -0.393. The van der Waals surface area contributed by atoms with Crippen molar-refractivity contribution >= 4 is 17.6 Å². The number of nitrogens with one attached hydrogen (secondary N) is 1. The molecule has 0 bridgehead atoms. The summed E-state index contributed by atoms with van der Waals surface area (Å²) in [6, 6.07) is 16.3. The molecule has 0 aliphatic rings. The van der Waals surface area contributed by atoms with Gasteiger partial charge in [-0.3, -0.25) is 9.59 Å². The van der Waals surface area contributed by atoms with Crippen LogP contribution in [0.4, 0.5) is 5.69 Å². The molecular formula is C20H19N3O5. The van der Waals surface area contributed by atoms with E-state index in [1.54, 1.807) is 24.3 Å². The van der Waals surface area contributed by atoms with Gasteiger partial charge in [-0.2, -0.15) is 4.98 Å². The summed E-state index contributed by atoms with van der Waals surface area (Å²) in [5.41, 5.74) is 1.33. The van der Waals surface area contributed by atoms with Gasteiger partial charge in [-0.25, -0.2) is 0 Å². The fourth-order valence-corrected chi connectivity index (χ4v) is 2.42. The summed E-state index contributed by atoms with van der Waals surface area (Å²) in [5, 5.41) is 6.52. The highest BCUT2D eigenvalue weighted by molar-refractivity contribution is 5.94. The number of carbonyl (C=O) groups is 2. The number of methoxy groups -OCH3 is 1. The molecule has 1 aromatic heterocycles. The summed E-state index contributed by atoms with van der Waals surface area (Å²) >= 11 is 0. The van der Waals surface area contributed by atoms with Gasteiger partial charge in [-0.15, -0.1) is 0 Å². The highest BCUT2D eigenvalue weighted by Crippen LogP contribution is 2.22. The normalized spacial score (nSPS) is 10.3. The van der Waals surface area contributed by atoms with Crippen molar-refractivity contribution in [2.45, 2.75) is 12.8 Å². The van der Waals surface area contributed by atoms with Crippen LogP contribution in [0.2, 0.25) is 0 Å². The monoisotopic (exact) mass is 381 g/mol. The van der Waals surface area contributed by atoms with Gasteiger partial charge < -0.3 is 19.3 Å². The van der Waals surface area contributed by atoms with Crippen molar-refractivity contribution in [1.29, 1.82) is 0 Å². The number of anilines is 1. The average molecular weight is 381 g/mol. The van der Waals surface area contributed by atoms with Gasteiger partial charge >= 0.3 is 5.97 Å². The molecule has 2 aromatic carbocycles. The number of benzene rings is 2. The molecule has 0 aliphatic carbocycles. The second kappa shape index (κ2) is 9.31. The molecule has 3 rings (SSSR count). The Labute approximate surface area is 161 Å². The minimum absolute atomic E-state index is 0.0262. The van der Waals surface area contributed by atoms with Crippen molar-refractivity contribution in [2.24, 2.45) is 0 Å². The van der Waals surface area contributed by atoms with Crippen LogP contribution in [0.15, 0.2) is 59.1 Å². The number of aromatic nitrogens is 2. The van der Waals surface area contributed by atoms with Crippen LogP contribution in [0.3, 0.4) is 0 Å². The molecule has 0 saturated carbocycles. The van der Waals surface area contributed by atoms with E-state index in [1.165, 1.54) is 7.11 Å². The summed E-state index contributed by atoms with van der Waals surface area (Å²) in [4.78, 5) is 28.0. The topological polar surface area (TPSA) is 104 Å². The predicted molar refractivity (Wildman–Crippen MR) is 101 cm³/mol. The summed E-state index contributed by atoms with van der Waals surface area (Å²) in [5.74, 6) is 0.318. The zero-order valence-electron chi connectivity index (χ0n) is 15.3. The molecule has 1 amide bonds. The van der Waals surface area contributed by atoms with E-state index in [-0.39, 0.29) is 12.8 Å². The highest BCUT2D eigenvalue weighted by atomic mass is 16.5. The molecular weight excluding hydrogens is 362 g/mol. The van der Waals surface area contributed by atoms with Gasteiger partial charge in [0.1, 0.15) is 5.75 Å². The van der Waals surface area contributed by atoms with E-state index >= 15 is 0 Å². The van der Waals surface area contributed by atoms with Crippen molar-refractivity contribution in [3.8, 4) is 17.1 Å². The minimum atomic E-state index is -0.533. The maximum atomic E-state index is 11.9. The summed E-state index contributed by atoms with van der Waals surface area (Å²) in [7, 11) is 1.51. The lowest BCUT2D eigenvalue weighted by molar-refractivity contribution is -0.147. The first-order valence-electron chi connectivity index (χ1n) is 8.62. The quantitative estimate of drug-likeness (QED) is 0.598. The van der Waals surface area contributed by atoms with Crippen LogP contribution in [0.25, 0.3) is 11.4 Å². The molecule has 3 aromatic rings. The van der Waals surface area contributed by atoms with E-state index < -0.39 is 18.5 Å². The van der Waals surface area contributed by atoms with Crippen molar-refractivity contribution < 1.29 is 23.6 Å². The van der Waals surface area contributed by atoms with Crippen molar-refractivity contribution in [3.63, 3.8) is 0 Å². The maximum Gasteiger partial charge on any atom is 0.306 e. The minimum Gasteiger partial charge on any atom is -0.495 e. The van der Waals surface area contributed by atoms with E-state index in [0.29, 0.717) is 23.2 Å².